The maximum absolute atomic E-state index is 9.10. The molecule has 3 heterocycles. The van der Waals surface area contributed by atoms with Crippen LogP contribution in [-0.2, 0) is 0 Å². The average molecular weight is 227 g/mol. The van der Waals surface area contributed by atoms with E-state index in [1.165, 1.54) is 0 Å². The third kappa shape index (κ3) is 1.54. The van der Waals surface area contributed by atoms with Gasteiger partial charge in [0.05, 0.1) is 16.6 Å². The lowest BCUT2D eigenvalue weighted by molar-refractivity contribution is 0.752. The van der Waals surface area contributed by atoms with Crippen molar-refractivity contribution in [1.29, 1.82) is 5.26 Å². The summed E-state index contributed by atoms with van der Waals surface area (Å²) in [4.78, 5) is 9.48. The molecule has 3 N–H and O–H groups in total. The Bertz CT molecular complexity index is 594. The molecule has 0 radical (unpaired) electrons. The van der Waals surface area contributed by atoms with Crippen LogP contribution in [0.4, 0.5) is 5.69 Å². The molecule has 1 fully saturated rings. The maximum Gasteiger partial charge on any atom is 0.140 e. The second-order valence-corrected chi connectivity index (χ2v) is 4.36. The van der Waals surface area contributed by atoms with Crippen LogP contribution in [0.5, 0.6) is 0 Å². The summed E-state index contributed by atoms with van der Waals surface area (Å²) in [6, 6.07) is 4.37. The van der Waals surface area contributed by atoms with Crippen molar-refractivity contribution in [2.24, 2.45) is 5.73 Å². The van der Waals surface area contributed by atoms with Crippen LogP contribution in [0.25, 0.3) is 11.0 Å². The molecule has 17 heavy (non-hydrogen) atoms. The Kier molecular flexibility index (Phi) is 2.23. The first-order valence-corrected chi connectivity index (χ1v) is 5.66. The molecule has 5 nitrogen and oxygen atoms in total. The fraction of sp³-hybridized carbons (Fsp3) is 0.333. The van der Waals surface area contributed by atoms with Gasteiger partial charge in [-0.05, 0) is 12.5 Å². The number of anilines is 1. The van der Waals surface area contributed by atoms with Crippen LogP contribution in [0.3, 0.4) is 0 Å². The van der Waals surface area contributed by atoms with Gasteiger partial charge in [0.2, 0.25) is 0 Å². The minimum absolute atomic E-state index is 0.225. The van der Waals surface area contributed by atoms with Crippen LogP contribution in [0.1, 0.15) is 12.0 Å². The lowest BCUT2D eigenvalue weighted by atomic mass is 10.2. The molecule has 0 spiro atoms. The zero-order valence-electron chi connectivity index (χ0n) is 9.35. The van der Waals surface area contributed by atoms with E-state index in [0.29, 0.717) is 5.56 Å². The molecule has 1 aliphatic rings. The summed E-state index contributed by atoms with van der Waals surface area (Å²) in [7, 11) is 0. The van der Waals surface area contributed by atoms with Gasteiger partial charge in [-0.1, -0.05) is 0 Å². The Hall–Kier alpha value is -2.06. The van der Waals surface area contributed by atoms with Gasteiger partial charge in [0.25, 0.3) is 0 Å². The molecule has 0 aliphatic carbocycles. The number of aromatic nitrogens is 2. The molecule has 2 aromatic heterocycles. The van der Waals surface area contributed by atoms with Gasteiger partial charge in [0.1, 0.15) is 11.7 Å². The van der Waals surface area contributed by atoms with Crippen molar-refractivity contribution in [3.63, 3.8) is 0 Å². The standard InChI is InChI=1S/C12H13N5/c13-5-8-6-16-12-11(8)10(1-3-15-12)17-4-2-9(14)7-17/h1,3,6,9H,2,4,7,14H2,(H,15,16)/t9-/m1/s1. The van der Waals surface area contributed by atoms with E-state index < -0.39 is 0 Å². The Morgan fingerprint density at radius 3 is 3.18 bits per heavy atom. The molecule has 1 saturated heterocycles. The predicted octanol–water partition coefficient (Wildman–Crippen LogP) is 0.972. The van der Waals surface area contributed by atoms with Crippen LogP contribution < -0.4 is 10.6 Å². The molecule has 0 saturated carbocycles. The monoisotopic (exact) mass is 227 g/mol. The summed E-state index contributed by atoms with van der Waals surface area (Å²) >= 11 is 0. The average Bonchev–Trinajstić information content (AvgIpc) is 2.94. The van der Waals surface area contributed by atoms with Gasteiger partial charge in [-0.2, -0.15) is 5.26 Å². The molecule has 5 heteroatoms. The first kappa shape index (κ1) is 10.1. The summed E-state index contributed by atoms with van der Waals surface area (Å²) in [5.41, 5.74) is 8.38. The molecule has 2 aromatic rings. The second kappa shape index (κ2) is 3.75. The highest BCUT2D eigenvalue weighted by Gasteiger charge is 2.22. The van der Waals surface area contributed by atoms with E-state index in [9.17, 15) is 0 Å². The first-order valence-electron chi connectivity index (χ1n) is 5.66. The number of hydrogen-bond acceptors (Lipinski definition) is 4. The van der Waals surface area contributed by atoms with Crippen molar-refractivity contribution in [3.8, 4) is 6.07 Å². The molecule has 86 valence electrons. The normalized spacial score (nSPS) is 19.8. The highest BCUT2D eigenvalue weighted by Crippen LogP contribution is 2.29. The lowest BCUT2D eigenvalue weighted by Crippen LogP contribution is -2.26. The van der Waals surface area contributed by atoms with E-state index in [0.717, 1.165) is 36.2 Å². The van der Waals surface area contributed by atoms with E-state index in [1.807, 2.05) is 6.07 Å². The number of fused-ring (bicyclic) bond motifs is 1. The van der Waals surface area contributed by atoms with E-state index in [2.05, 4.69) is 20.9 Å². The number of rotatable bonds is 1. The number of hydrogen-bond donors (Lipinski definition) is 2. The highest BCUT2D eigenvalue weighted by atomic mass is 15.2. The summed E-state index contributed by atoms with van der Waals surface area (Å²) in [5.74, 6) is 0. The molecule has 3 rings (SSSR count). The number of nitrogens with two attached hydrogens (primary N) is 1. The summed E-state index contributed by atoms with van der Waals surface area (Å²) in [5, 5.41) is 10.0. The van der Waals surface area contributed by atoms with Crippen molar-refractivity contribution in [2.75, 3.05) is 18.0 Å². The Labute approximate surface area is 98.9 Å². The number of nitrogens with zero attached hydrogens (tertiary/aromatic N) is 3. The van der Waals surface area contributed by atoms with Crippen LogP contribution >= 0.6 is 0 Å². The minimum atomic E-state index is 0.225. The number of pyridine rings is 1. The highest BCUT2D eigenvalue weighted by molar-refractivity contribution is 5.94. The Morgan fingerprint density at radius 2 is 2.47 bits per heavy atom. The fourth-order valence-electron chi connectivity index (χ4n) is 2.40. The number of nitriles is 1. The predicted molar refractivity (Wildman–Crippen MR) is 65.6 cm³/mol. The van der Waals surface area contributed by atoms with Crippen LogP contribution in [-0.4, -0.2) is 29.1 Å². The minimum Gasteiger partial charge on any atom is -0.369 e. The zero-order valence-corrected chi connectivity index (χ0v) is 9.35. The Balaban J connectivity index is 2.16. The summed E-state index contributed by atoms with van der Waals surface area (Å²) < 4.78 is 0. The van der Waals surface area contributed by atoms with Gasteiger partial charge in [0.15, 0.2) is 0 Å². The third-order valence-electron chi connectivity index (χ3n) is 3.24. The molecule has 0 unspecified atom stereocenters. The van der Waals surface area contributed by atoms with Gasteiger partial charge < -0.3 is 15.6 Å². The second-order valence-electron chi connectivity index (χ2n) is 4.36. The Morgan fingerprint density at radius 1 is 1.59 bits per heavy atom. The van der Waals surface area contributed by atoms with E-state index in [4.69, 9.17) is 11.0 Å². The molecular formula is C12H13N5. The van der Waals surface area contributed by atoms with Crippen LogP contribution in [0.2, 0.25) is 0 Å². The largest absolute Gasteiger partial charge is 0.369 e. The van der Waals surface area contributed by atoms with Gasteiger partial charge in [-0.3, -0.25) is 0 Å². The van der Waals surface area contributed by atoms with Crippen molar-refractivity contribution < 1.29 is 0 Å². The topological polar surface area (TPSA) is 81.7 Å². The molecule has 1 atom stereocenters. The lowest BCUT2D eigenvalue weighted by Gasteiger charge is -2.18. The summed E-state index contributed by atoms with van der Waals surface area (Å²) in [6.07, 6.45) is 4.46. The van der Waals surface area contributed by atoms with E-state index >= 15 is 0 Å². The zero-order chi connectivity index (χ0) is 11.8. The van der Waals surface area contributed by atoms with Crippen LogP contribution in [0, 0.1) is 11.3 Å². The number of nitrogens with one attached hydrogen (secondary N) is 1. The van der Waals surface area contributed by atoms with Gasteiger partial charge in [-0.25, -0.2) is 4.98 Å². The molecular weight excluding hydrogens is 214 g/mol. The molecule has 0 bridgehead atoms. The quantitative estimate of drug-likeness (QED) is 0.760. The van der Waals surface area contributed by atoms with Gasteiger partial charge in [-0.15, -0.1) is 0 Å². The van der Waals surface area contributed by atoms with E-state index in [-0.39, 0.29) is 6.04 Å². The fourth-order valence-corrected chi connectivity index (χ4v) is 2.40. The van der Waals surface area contributed by atoms with Crippen molar-refractivity contribution >= 4 is 16.7 Å². The first-order chi connectivity index (χ1) is 8.29. The number of aromatic amines is 1. The molecule has 1 aliphatic heterocycles. The van der Waals surface area contributed by atoms with Crippen LogP contribution in [0.15, 0.2) is 18.5 Å². The number of H-pyrrole nitrogens is 1. The smallest absolute Gasteiger partial charge is 0.140 e. The van der Waals surface area contributed by atoms with Gasteiger partial charge >= 0.3 is 0 Å². The van der Waals surface area contributed by atoms with Crippen molar-refractivity contribution in [1.82, 2.24) is 9.97 Å². The SMILES string of the molecule is N#Cc1c[nH]c2nccc(N3CC[C@@H](N)C3)c12. The van der Waals surface area contributed by atoms with E-state index in [1.54, 1.807) is 12.4 Å². The summed E-state index contributed by atoms with van der Waals surface area (Å²) in [6.45, 7) is 1.78. The maximum atomic E-state index is 9.10. The third-order valence-corrected chi connectivity index (χ3v) is 3.24. The van der Waals surface area contributed by atoms with Crippen molar-refractivity contribution in [2.45, 2.75) is 12.5 Å². The van der Waals surface area contributed by atoms with Gasteiger partial charge in [0, 0.05) is 31.5 Å². The van der Waals surface area contributed by atoms with Crippen molar-refractivity contribution in [3.05, 3.63) is 24.0 Å². The molecule has 0 amide bonds. The molecule has 0 aromatic carbocycles.